The Morgan fingerprint density at radius 1 is 1.14 bits per heavy atom. The Bertz CT molecular complexity index is 884. The Labute approximate surface area is 166 Å². The molecule has 0 aliphatic heterocycles. The highest BCUT2D eigenvalue weighted by Crippen LogP contribution is 2.24. The monoisotopic (exact) mass is 376 g/mol. The van der Waals surface area contributed by atoms with E-state index in [9.17, 15) is 0 Å². The van der Waals surface area contributed by atoms with Gasteiger partial charge in [-0.3, -0.25) is 4.99 Å². The standard InChI is InChI=1S/C22H28N6/c1-4-17(2)27-22(23-3)25-13-20-7-5-6-8-21(20)19-11-9-18(10-12-19)14-28-16-24-15-26-28/h5-12,15-17H,4,13-14H2,1-3H3,(H2,23,25,27). The lowest BCUT2D eigenvalue weighted by Crippen LogP contribution is -2.41. The van der Waals surface area contributed by atoms with Crippen molar-refractivity contribution in [3.8, 4) is 11.1 Å². The van der Waals surface area contributed by atoms with Crippen LogP contribution < -0.4 is 10.6 Å². The van der Waals surface area contributed by atoms with Crippen LogP contribution in [0.2, 0.25) is 0 Å². The first-order valence-corrected chi connectivity index (χ1v) is 9.66. The molecule has 1 atom stereocenters. The van der Waals surface area contributed by atoms with Crippen LogP contribution >= 0.6 is 0 Å². The first kappa shape index (κ1) is 19.6. The van der Waals surface area contributed by atoms with Gasteiger partial charge < -0.3 is 10.6 Å². The zero-order valence-electron chi connectivity index (χ0n) is 16.8. The molecular formula is C22H28N6. The van der Waals surface area contributed by atoms with Crippen molar-refractivity contribution >= 4 is 5.96 Å². The number of guanidine groups is 1. The Kier molecular flexibility index (Phi) is 6.78. The molecule has 0 aliphatic rings. The van der Waals surface area contributed by atoms with Gasteiger partial charge in [-0.25, -0.2) is 9.67 Å². The fraction of sp³-hybridized carbons (Fsp3) is 0.318. The highest BCUT2D eigenvalue weighted by Gasteiger charge is 2.07. The van der Waals surface area contributed by atoms with Crippen LogP contribution in [0.1, 0.15) is 31.4 Å². The molecular weight excluding hydrogens is 348 g/mol. The second-order valence-electron chi connectivity index (χ2n) is 6.83. The quantitative estimate of drug-likeness (QED) is 0.490. The van der Waals surface area contributed by atoms with Crippen LogP contribution in [0.4, 0.5) is 0 Å². The predicted octanol–water partition coefficient (Wildman–Crippen LogP) is 3.46. The third-order valence-corrected chi connectivity index (χ3v) is 4.76. The number of aliphatic imine (C=N–C) groups is 1. The molecule has 0 saturated carbocycles. The van der Waals surface area contributed by atoms with Crippen LogP contribution in [0.5, 0.6) is 0 Å². The van der Waals surface area contributed by atoms with Crippen LogP contribution in [0.15, 0.2) is 66.2 Å². The van der Waals surface area contributed by atoms with Gasteiger partial charge in [-0.15, -0.1) is 0 Å². The normalized spacial score (nSPS) is 12.6. The summed E-state index contributed by atoms with van der Waals surface area (Å²) in [6.45, 7) is 5.75. The summed E-state index contributed by atoms with van der Waals surface area (Å²) in [5, 5.41) is 11.0. The average Bonchev–Trinajstić information content (AvgIpc) is 3.25. The number of rotatable bonds is 7. The third-order valence-electron chi connectivity index (χ3n) is 4.76. The number of hydrogen-bond acceptors (Lipinski definition) is 3. The van der Waals surface area contributed by atoms with Crippen LogP contribution in [0, 0.1) is 0 Å². The second kappa shape index (κ2) is 9.69. The molecule has 0 radical (unpaired) electrons. The largest absolute Gasteiger partial charge is 0.354 e. The molecule has 1 heterocycles. The average molecular weight is 377 g/mol. The van der Waals surface area contributed by atoms with Crippen molar-refractivity contribution in [2.45, 2.75) is 39.4 Å². The summed E-state index contributed by atoms with van der Waals surface area (Å²) in [7, 11) is 1.80. The Morgan fingerprint density at radius 2 is 1.93 bits per heavy atom. The van der Waals surface area contributed by atoms with E-state index < -0.39 is 0 Å². The van der Waals surface area contributed by atoms with E-state index in [1.807, 2.05) is 4.68 Å². The molecule has 0 saturated heterocycles. The van der Waals surface area contributed by atoms with E-state index >= 15 is 0 Å². The van der Waals surface area contributed by atoms with Crippen molar-refractivity contribution < 1.29 is 0 Å². The molecule has 0 bridgehead atoms. The van der Waals surface area contributed by atoms with Crippen LogP contribution in [0.3, 0.4) is 0 Å². The minimum atomic E-state index is 0.388. The lowest BCUT2D eigenvalue weighted by atomic mass is 9.98. The van der Waals surface area contributed by atoms with Crippen molar-refractivity contribution in [2.75, 3.05) is 7.05 Å². The van der Waals surface area contributed by atoms with Gasteiger partial charge >= 0.3 is 0 Å². The Hall–Kier alpha value is -3.15. The molecule has 6 heteroatoms. The smallest absolute Gasteiger partial charge is 0.191 e. The highest BCUT2D eigenvalue weighted by molar-refractivity contribution is 5.80. The van der Waals surface area contributed by atoms with Gasteiger partial charge in [0, 0.05) is 19.6 Å². The minimum absolute atomic E-state index is 0.388. The summed E-state index contributed by atoms with van der Waals surface area (Å²) in [5.74, 6) is 0.826. The molecule has 2 aromatic carbocycles. The van der Waals surface area contributed by atoms with E-state index in [0.29, 0.717) is 12.6 Å². The SMILES string of the molecule is CCC(C)NC(=NC)NCc1ccccc1-c1ccc(Cn2cncn2)cc1. The fourth-order valence-electron chi connectivity index (χ4n) is 2.96. The van der Waals surface area contributed by atoms with Gasteiger partial charge in [0.2, 0.25) is 0 Å². The molecule has 1 unspecified atom stereocenters. The molecule has 0 amide bonds. The second-order valence-corrected chi connectivity index (χ2v) is 6.83. The maximum absolute atomic E-state index is 4.32. The van der Waals surface area contributed by atoms with Crippen molar-refractivity contribution in [3.05, 3.63) is 72.3 Å². The minimum Gasteiger partial charge on any atom is -0.354 e. The van der Waals surface area contributed by atoms with Gasteiger partial charge in [0.25, 0.3) is 0 Å². The van der Waals surface area contributed by atoms with Crippen LogP contribution in [-0.4, -0.2) is 33.8 Å². The molecule has 3 aromatic rings. The van der Waals surface area contributed by atoms with Crippen LogP contribution in [-0.2, 0) is 13.1 Å². The predicted molar refractivity (Wildman–Crippen MR) is 114 cm³/mol. The number of aromatic nitrogens is 3. The molecule has 6 nitrogen and oxygen atoms in total. The number of nitrogens with zero attached hydrogens (tertiary/aromatic N) is 4. The lowest BCUT2D eigenvalue weighted by Gasteiger charge is -2.17. The Balaban J connectivity index is 1.71. The van der Waals surface area contributed by atoms with Crippen LogP contribution in [0.25, 0.3) is 11.1 Å². The van der Waals surface area contributed by atoms with E-state index in [1.165, 1.54) is 22.3 Å². The first-order valence-electron chi connectivity index (χ1n) is 9.66. The topological polar surface area (TPSA) is 67.1 Å². The van der Waals surface area contributed by atoms with E-state index in [1.54, 1.807) is 19.7 Å². The van der Waals surface area contributed by atoms with Crippen molar-refractivity contribution in [1.29, 1.82) is 0 Å². The molecule has 0 fully saturated rings. The number of hydrogen-bond donors (Lipinski definition) is 2. The molecule has 2 N–H and O–H groups in total. The first-order chi connectivity index (χ1) is 13.7. The zero-order valence-corrected chi connectivity index (χ0v) is 16.8. The van der Waals surface area contributed by atoms with Crippen molar-refractivity contribution in [1.82, 2.24) is 25.4 Å². The van der Waals surface area contributed by atoms with Gasteiger partial charge in [0.1, 0.15) is 12.7 Å². The molecule has 3 rings (SSSR count). The fourth-order valence-corrected chi connectivity index (χ4v) is 2.96. The van der Waals surface area contributed by atoms with Crippen molar-refractivity contribution in [3.63, 3.8) is 0 Å². The van der Waals surface area contributed by atoms with Crippen molar-refractivity contribution in [2.24, 2.45) is 4.99 Å². The van der Waals surface area contributed by atoms with Gasteiger partial charge in [0.05, 0.1) is 6.54 Å². The van der Waals surface area contributed by atoms with E-state index in [0.717, 1.165) is 18.9 Å². The van der Waals surface area contributed by atoms with E-state index in [-0.39, 0.29) is 0 Å². The molecule has 0 aliphatic carbocycles. The lowest BCUT2D eigenvalue weighted by molar-refractivity contribution is 0.624. The molecule has 146 valence electrons. The van der Waals surface area contributed by atoms with E-state index in [2.05, 4.69) is 88.1 Å². The van der Waals surface area contributed by atoms with Gasteiger partial charge in [0.15, 0.2) is 5.96 Å². The molecule has 1 aromatic heterocycles. The van der Waals surface area contributed by atoms with Gasteiger partial charge in [-0.1, -0.05) is 55.5 Å². The van der Waals surface area contributed by atoms with Gasteiger partial charge in [-0.2, -0.15) is 5.10 Å². The summed E-state index contributed by atoms with van der Waals surface area (Å²) >= 11 is 0. The summed E-state index contributed by atoms with van der Waals surface area (Å²) < 4.78 is 1.82. The van der Waals surface area contributed by atoms with Gasteiger partial charge in [-0.05, 0) is 35.6 Å². The number of benzene rings is 2. The van der Waals surface area contributed by atoms with E-state index in [4.69, 9.17) is 0 Å². The zero-order chi connectivity index (χ0) is 19.8. The highest BCUT2D eigenvalue weighted by atomic mass is 15.3. The summed E-state index contributed by atoms with van der Waals surface area (Å²) in [6, 6.07) is 17.5. The summed E-state index contributed by atoms with van der Waals surface area (Å²) in [5.41, 5.74) is 4.85. The molecule has 0 spiro atoms. The summed E-state index contributed by atoms with van der Waals surface area (Å²) in [6.07, 6.45) is 4.34. The maximum Gasteiger partial charge on any atom is 0.191 e. The number of nitrogens with one attached hydrogen (secondary N) is 2. The third kappa shape index (κ3) is 5.19. The Morgan fingerprint density at radius 3 is 2.61 bits per heavy atom. The maximum atomic E-state index is 4.32. The molecule has 28 heavy (non-hydrogen) atoms. The summed E-state index contributed by atoms with van der Waals surface area (Å²) in [4.78, 5) is 8.31.